The molecule has 2 heterocycles. The van der Waals surface area contributed by atoms with Crippen LogP contribution in [0.3, 0.4) is 0 Å². The van der Waals surface area contributed by atoms with Crippen molar-refractivity contribution in [1.29, 1.82) is 0 Å². The highest BCUT2D eigenvalue weighted by Crippen LogP contribution is 2.41. The molecule has 3 aromatic rings. The van der Waals surface area contributed by atoms with E-state index in [0.717, 1.165) is 35.2 Å². The second-order valence-electron chi connectivity index (χ2n) is 9.28. The Morgan fingerprint density at radius 1 is 1.29 bits per heavy atom. The fourth-order valence-electron chi connectivity index (χ4n) is 4.22. The lowest BCUT2D eigenvalue weighted by molar-refractivity contribution is -0.116. The number of carbonyl (C=O) groups is 1. The van der Waals surface area contributed by atoms with Crippen LogP contribution in [0.2, 0.25) is 0 Å². The van der Waals surface area contributed by atoms with E-state index < -0.39 is 0 Å². The Hall–Kier alpha value is -2.67. The number of aromatic nitrogens is 2. The van der Waals surface area contributed by atoms with Crippen LogP contribution in [0.5, 0.6) is 5.75 Å². The SMILES string of the molecule is COc1ccc(NC(=O)CCc2nc3sc4c(c3c(=O)[nH]2)CCC(C(C)(C)C)C4)cc1. The first-order valence-electron chi connectivity index (χ1n) is 10.7. The molecule has 1 unspecified atom stereocenters. The molecule has 1 aromatic carbocycles. The summed E-state index contributed by atoms with van der Waals surface area (Å²) in [5, 5.41) is 3.61. The molecular formula is C24H29N3O3S. The molecule has 6 nitrogen and oxygen atoms in total. The number of methoxy groups -OCH3 is 1. The maximum atomic E-state index is 12.8. The van der Waals surface area contributed by atoms with E-state index in [9.17, 15) is 9.59 Å². The number of amides is 1. The van der Waals surface area contributed by atoms with Crippen LogP contribution in [0.15, 0.2) is 29.1 Å². The summed E-state index contributed by atoms with van der Waals surface area (Å²) in [6, 6.07) is 7.19. The van der Waals surface area contributed by atoms with Crippen molar-refractivity contribution in [2.45, 2.75) is 52.9 Å². The monoisotopic (exact) mass is 439 g/mol. The summed E-state index contributed by atoms with van der Waals surface area (Å²) in [7, 11) is 1.60. The molecule has 0 aliphatic heterocycles. The Balaban J connectivity index is 1.46. The van der Waals surface area contributed by atoms with Gasteiger partial charge in [0.25, 0.3) is 5.56 Å². The van der Waals surface area contributed by atoms with Crippen molar-refractivity contribution in [2.75, 3.05) is 12.4 Å². The molecule has 1 aliphatic carbocycles. The molecule has 2 N–H and O–H groups in total. The summed E-state index contributed by atoms with van der Waals surface area (Å²) in [6.07, 6.45) is 3.69. The Morgan fingerprint density at radius 2 is 2.03 bits per heavy atom. The van der Waals surface area contributed by atoms with E-state index in [0.29, 0.717) is 23.9 Å². The van der Waals surface area contributed by atoms with Gasteiger partial charge in [0.05, 0.1) is 12.5 Å². The Kier molecular flexibility index (Phi) is 5.88. The number of nitrogens with one attached hydrogen (secondary N) is 2. The summed E-state index contributed by atoms with van der Waals surface area (Å²) in [4.78, 5) is 34.8. The third-order valence-corrected chi connectivity index (χ3v) is 7.30. The molecule has 2 aromatic heterocycles. The number of benzene rings is 1. The number of carbonyl (C=O) groups excluding carboxylic acids is 1. The van der Waals surface area contributed by atoms with Crippen molar-refractivity contribution in [3.8, 4) is 5.75 Å². The minimum absolute atomic E-state index is 0.0812. The molecule has 1 atom stereocenters. The van der Waals surface area contributed by atoms with Gasteiger partial charge in [0.15, 0.2) is 0 Å². The lowest BCUT2D eigenvalue weighted by Crippen LogP contribution is -2.26. The molecular weight excluding hydrogens is 410 g/mol. The Labute approximate surface area is 186 Å². The highest BCUT2D eigenvalue weighted by Gasteiger charge is 2.31. The largest absolute Gasteiger partial charge is 0.497 e. The van der Waals surface area contributed by atoms with Crippen LogP contribution in [0.1, 0.15) is 49.9 Å². The van der Waals surface area contributed by atoms with Gasteiger partial charge in [-0.15, -0.1) is 11.3 Å². The number of hydrogen-bond donors (Lipinski definition) is 2. The van der Waals surface area contributed by atoms with E-state index in [-0.39, 0.29) is 23.3 Å². The number of anilines is 1. The molecule has 0 radical (unpaired) electrons. The molecule has 1 amide bonds. The summed E-state index contributed by atoms with van der Waals surface area (Å²) in [6.45, 7) is 6.86. The first kappa shape index (κ1) is 21.6. The molecule has 31 heavy (non-hydrogen) atoms. The second kappa shape index (κ2) is 8.46. The van der Waals surface area contributed by atoms with Crippen molar-refractivity contribution in [2.24, 2.45) is 11.3 Å². The van der Waals surface area contributed by atoms with Crippen molar-refractivity contribution in [3.05, 3.63) is 50.9 Å². The lowest BCUT2D eigenvalue weighted by atomic mass is 9.72. The topological polar surface area (TPSA) is 84.1 Å². The van der Waals surface area contributed by atoms with Gasteiger partial charge in [-0.3, -0.25) is 9.59 Å². The van der Waals surface area contributed by atoms with Crippen LogP contribution in [0, 0.1) is 11.3 Å². The van der Waals surface area contributed by atoms with Crippen LogP contribution in [0.4, 0.5) is 5.69 Å². The predicted octanol–water partition coefficient (Wildman–Crippen LogP) is 4.72. The highest BCUT2D eigenvalue weighted by molar-refractivity contribution is 7.18. The van der Waals surface area contributed by atoms with Gasteiger partial charge < -0.3 is 15.0 Å². The van der Waals surface area contributed by atoms with E-state index in [1.807, 2.05) is 0 Å². The standard InChI is InChI=1S/C24H29N3O3S/c1-24(2,3)14-5-10-17-18(13-14)31-23-21(17)22(29)26-19(27-23)11-12-20(28)25-15-6-8-16(30-4)9-7-15/h6-9,14H,5,10-13H2,1-4H3,(H,25,28)(H,26,27,29). The molecule has 0 bridgehead atoms. The number of ether oxygens (including phenoxy) is 1. The molecule has 164 valence electrons. The van der Waals surface area contributed by atoms with E-state index in [1.54, 1.807) is 42.7 Å². The van der Waals surface area contributed by atoms with Crippen LogP contribution in [-0.4, -0.2) is 23.0 Å². The fourth-order valence-corrected chi connectivity index (χ4v) is 5.53. The molecule has 0 fully saturated rings. The maximum Gasteiger partial charge on any atom is 0.259 e. The molecule has 0 saturated heterocycles. The van der Waals surface area contributed by atoms with Crippen LogP contribution < -0.4 is 15.6 Å². The van der Waals surface area contributed by atoms with Crippen LogP contribution >= 0.6 is 11.3 Å². The number of rotatable bonds is 5. The van der Waals surface area contributed by atoms with E-state index in [2.05, 4.69) is 31.1 Å². The Morgan fingerprint density at radius 3 is 2.71 bits per heavy atom. The van der Waals surface area contributed by atoms with E-state index in [1.165, 1.54) is 10.4 Å². The first-order valence-corrected chi connectivity index (χ1v) is 11.5. The van der Waals surface area contributed by atoms with Crippen molar-refractivity contribution < 1.29 is 9.53 Å². The molecule has 4 rings (SSSR count). The molecule has 0 saturated carbocycles. The minimum atomic E-state index is -0.119. The van der Waals surface area contributed by atoms with Crippen molar-refractivity contribution in [1.82, 2.24) is 9.97 Å². The predicted molar refractivity (Wildman–Crippen MR) is 125 cm³/mol. The van der Waals surface area contributed by atoms with Gasteiger partial charge in [-0.1, -0.05) is 20.8 Å². The summed E-state index contributed by atoms with van der Waals surface area (Å²) < 4.78 is 5.12. The maximum absolute atomic E-state index is 12.8. The third-order valence-electron chi connectivity index (χ3n) is 6.16. The fraction of sp³-hybridized carbons (Fsp3) is 0.458. The third kappa shape index (κ3) is 4.66. The minimum Gasteiger partial charge on any atom is -0.497 e. The lowest BCUT2D eigenvalue weighted by Gasteiger charge is -2.33. The van der Waals surface area contributed by atoms with Crippen molar-refractivity contribution >= 4 is 33.1 Å². The zero-order valence-electron chi connectivity index (χ0n) is 18.5. The smallest absolute Gasteiger partial charge is 0.259 e. The van der Waals surface area contributed by atoms with Gasteiger partial charge in [-0.2, -0.15) is 0 Å². The van der Waals surface area contributed by atoms with E-state index in [4.69, 9.17) is 9.72 Å². The number of thiophene rings is 1. The molecule has 0 spiro atoms. The van der Waals surface area contributed by atoms with Gasteiger partial charge in [0.2, 0.25) is 5.91 Å². The number of fused-ring (bicyclic) bond motifs is 3. The number of H-pyrrole nitrogens is 1. The number of aryl methyl sites for hydroxylation is 2. The number of aromatic amines is 1. The average Bonchev–Trinajstić information content (AvgIpc) is 3.10. The second-order valence-corrected chi connectivity index (χ2v) is 10.4. The first-order chi connectivity index (χ1) is 14.7. The zero-order valence-corrected chi connectivity index (χ0v) is 19.3. The van der Waals surface area contributed by atoms with E-state index >= 15 is 0 Å². The van der Waals surface area contributed by atoms with Gasteiger partial charge in [-0.25, -0.2) is 4.98 Å². The highest BCUT2D eigenvalue weighted by atomic mass is 32.1. The van der Waals surface area contributed by atoms with Crippen LogP contribution in [-0.2, 0) is 24.1 Å². The van der Waals surface area contributed by atoms with Gasteiger partial charge in [-0.05, 0) is 60.4 Å². The zero-order chi connectivity index (χ0) is 22.2. The number of hydrogen-bond acceptors (Lipinski definition) is 5. The van der Waals surface area contributed by atoms with Gasteiger partial charge in [0.1, 0.15) is 16.4 Å². The molecule has 1 aliphatic rings. The van der Waals surface area contributed by atoms with Crippen LogP contribution in [0.25, 0.3) is 10.2 Å². The summed E-state index contributed by atoms with van der Waals surface area (Å²) in [5.41, 5.74) is 2.07. The quantitative estimate of drug-likeness (QED) is 0.603. The average molecular weight is 440 g/mol. The number of nitrogens with zero attached hydrogens (tertiary/aromatic N) is 1. The summed E-state index contributed by atoms with van der Waals surface area (Å²) in [5.74, 6) is 1.80. The Bertz CT molecular complexity index is 1160. The normalized spacial score (nSPS) is 16.2. The van der Waals surface area contributed by atoms with Crippen molar-refractivity contribution in [3.63, 3.8) is 0 Å². The van der Waals surface area contributed by atoms with Gasteiger partial charge in [0, 0.05) is 23.4 Å². The summed E-state index contributed by atoms with van der Waals surface area (Å²) >= 11 is 1.64. The van der Waals surface area contributed by atoms with Gasteiger partial charge >= 0.3 is 0 Å². The molecule has 7 heteroatoms.